The summed E-state index contributed by atoms with van der Waals surface area (Å²) in [4.78, 5) is 0. The van der Waals surface area contributed by atoms with Crippen molar-refractivity contribution in [1.29, 1.82) is 0 Å². The van der Waals surface area contributed by atoms with Crippen LogP contribution in [-0.4, -0.2) is 20.4 Å². The Bertz CT molecular complexity index is 2220. The van der Waals surface area contributed by atoms with Crippen LogP contribution < -0.4 is 4.74 Å². The Balaban J connectivity index is 1.48. The summed E-state index contributed by atoms with van der Waals surface area (Å²) in [6, 6.07) is 34.8. The van der Waals surface area contributed by atoms with Gasteiger partial charge in [0.1, 0.15) is 0 Å². The second kappa shape index (κ2) is 8.41. The van der Waals surface area contributed by atoms with Crippen molar-refractivity contribution in [3.63, 3.8) is 0 Å². The molecular weight excluding hydrogens is 512 g/mol. The molecule has 5 nitrogen and oxygen atoms in total. The van der Waals surface area contributed by atoms with Crippen molar-refractivity contribution in [3.8, 4) is 34.5 Å². The zero-order valence-corrected chi connectivity index (χ0v) is 21.6. The van der Waals surface area contributed by atoms with Crippen LogP contribution in [-0.2, 0) is 0 Å². The van der Waals surface area contributed by atoms with Gasteiger partial charge in [0.2, 0.25) is 11.5 Å². The first-order chi connectivity index (χ1) is 20.0. The average Bonchev–Trinajstić information content (AvgIpc) is 2.99. The second-order valence-corrected chi connectivity index (χ2v) is 10.4. The first-order valence-electron chi connectivity index (χ1n) is 13.2. The molecule has 0 unspecified atom stereocenters. The maximum atomic E-state index is 11.2. The zero-order valence-electron chi connectivity index (χ0n) is 21.6. The highest BCUT2D eigenvalue weighted by Gasteiger charge is 2.23. The molecule has 5 heteroatoms. The van der Waals surface area contributed by atoms with Gasteiger partial charge < -0.3 is 25.2 Å². The van der Waals surface area contributed by atoms with E-state index in [9.17, 15) is 20.4 Å². The molecule has 0 heterocycles. The average molecular weight is 535 g/mol. The first-order valence-corrected chi connectivity index (χ1v) is 13.2. The van der Waals surface area contributed by atoms with E-state index in [1.165, 1.54) is 12.1 Å². The standard InChI is InChI=1S/C36H22O5/c37-29-17-25-11-9-23-13-19-5-1-3-7-21(19)15-27(23)31(25)35(33(29)39)41-36-32-26(18-30(38)34(36)40)12-10-24-14-20-6-2-4-8-22(20)16-28(24)32/h1-18,37-40H. The van der Waals surface area contributed by atoms with E-state index < -0.39 is 11.5 Å². The first kappa shape index (κ1) is 23.2. The lowest BCUT2D eigenvalue weighted by molar-refractivity contribution is 0.356. The molecule has 4 N–H and O–H groups in total. The molecule has 0 amide bonds. The van der Waals surface area contributed by atoms with Crippen molar-refractivity contribution < 1.29 is 25.2 Å². The number of hydrogen-bond acceptors (Lipinski definition) is 5. The summed E-state index contributed by atoms with van der Waals surface area (Å²) < 4.78 is 6.45. The molecule has 0 atom stereocenters. The number of rotatable bonds is 2. The lowest BCUT2D eigenvalue weighted by Gasteiger charge is -2.18. The van der Waals surface area contributed by atoms with E-state index >= 15 is 0 Å². The van der Waals surface area contributed by atoms with Gasteiger partial charge in [-0.3, -0.25) is 0 Å². The molecule has 8 aromatic rings. The van der Waals surface area contributed by atoms with Crippen LogP contribution in [0.2, 0.25) is 0 Å². The van der Waals surface area contributed by atoms with Crippen molar-refractivity contribution in [2.75, 3.05) is 0 Å². The van der Waals surface area contributed by atoms with Gasteiger partial charge in [-0.2, -0.15) is 0 Å². The van der Waals surface area contributed by atoms with Crippen molar-refractivity contribution in [2.45, 2.75) is 0 Å². The molecule has 0 aromatic heterocycles. The zero-order chi connectivity index (χ0) is 27.8. The van der Waals surface area contributed by atoms with Gasteiger partial charge in [-0.15, -0.1) is 0 Å². The smallest absolute Gasteiger partial charge is 0.201 e. The van der Waals surface area contributed by atoms with Gasteiger partial charge in [0.15, 0.2) is 23.0 Å². The normalized spacial score (nSPS) is 11.8. The summed E-state index contributed by atoms with van der Waals surface area (Å²) in [5.74, 6) is -1.65. The number of benzene rings is 8. The number of aromatic hydroxyl groups is 4. The third kappa shape index (κ3) is 3.42. The van der Waals surface area contributed by atoms with E-state index in [4.69, 9.17) is 4.74 Å². The summed E-state index contributed by atoms with van der Waals surface area (Å²) in [6.07, 6.45) is 0. The van der Waals surface area contributed by atoms with Crippen LogP contribution >= 0.6 is 0 Å². The van der Waals surface area contributed by atoms with Gasteiger partial charge in [0.05, 0.1) is 0 Å². The molecule has 0 saturated heterocycles. The molecule has 0 aliphatic carbocycles. The van der Waals surface area contributed by atoms with Crippen LogP contribution in [0.3, 0.4) is 0 Å². The molecule has 0 bridgehead atoms. The molecular formula is C36H22O5. The van der Waals surface area contributed by atoms with E-state index in [2.05, 4.69) is 12.1 Å². The molecule has 0 aliphatic heterocycles. The third-order valence-corrected chi connectivity index (χ3v) is 7.99. The van der Waals surface area contributed by atoms with Crippen LogP contribution in [0.5, 0.6) is 34.5 Å². The van der Waals surface area contributed by atoms with Crippen LogP contribution in [0.4, 0.5) is 0 Å². The molecule has 196 valence electrons. The van der Waals surface area contributed by atoms with E-state index in [-0.39, 0.29) is 23.0 Å². The molecule has 0 saturated carbocycles. The largest absolute Gasteiger partial charge is 0.504 e. The molecule has 0 spiro atoms. The molecule has 8 rings (SSSR count). The Hall–Kier alpha value is -5.68. The Labute approximate surface area is 233 Å². The van der Waals surface area contributed by atoms with Crippen molar-refractivity contribution >= 4 is 64.6 Å². The van der Waals surface area contributed by atoms with Gasteiger partial charge in [0, 0.05) is 10.8 Å². The van der Waals surface area contributed by atoms with Gasteiger partial charge in [0.25, 0.3) is 0 Å². The van der Waals surface area contributed by atoms with E-state index in [1.54, 1.807) is 0 Å². The van der Waals surface area contributed by atoms with Gasteiger partial charge in [-0.1, -0.05) is 72.8 Å². The van der Waals surface area contributed by atoms with Gasteiger partial charge in [-0.25, -0.2) is 0 Å². The fourth-order valence-electron chi connectivity index (χ4n) is 6.01. The Morgan fingerprint density at radius 1 is 0.366 bits per heavy atom. The molecule has 41 heavy (non-hydrogen) atoms. The minimum atomic E-state index is -0.459. The van der Waals surface area contributed by atoms with Crippen LogP contribution in [0.1, 0.15) is 0 Å². The maximum Gasteiger partial charge on any atom is 0.201 e. The summed E-state index contributed by atoms with van der Waals surface area (Å²) in [5.41, 5.74) is 0. The second-order valence-electron chi connectivity index (χ2n) is 10.4. The van der Waals surface area contributed by atoms with Crippen molar-refractivity contribution in [2.24, 2.45) is 0 Å². The van der Waals surface area contributed by atoms with Crippen LogP contribution in [0.25, 0.3) is 64.6 Å². The Kier molecular flexibility index (Phi) is 4.76. The highest BCUT2D eigenvalue weighted by atomic mass is 16.5. The highest BCUT2D eigenvalue weighted by molar-refractivity contribution is 6.18. The quantitative estimate of drug-likeness (QED) is 0.101. The predicted molar refractivity (Wildman–Crippen MR) is 165 cm³/mol. The number of phenolic OH excluding ortho intramolecular Hbond substituents is 4. The predicted octanol–water partition coefficient (Wildman–Crippen LogP) is 9.22. The van der Waals surface area contributed by atoms with E-state index in [0.29, 0.717) is 21.5 Å². The Morgan fingerprint density at radius 2 is 0.732 bits per heavy atom. The van der Waals surface area contributed by atoms with Gasteiger partial charge in [-0.05, 0) is 90.3 Å². The molecule has 0 aliphatic rings. The lowest BCUT2D eigenvalue weighted by Crippen LogP contribution is -1.92. The third-order valence-electron chi connectivity index (χ3n) is 7.99. The fraction of sp³-hybridized carbons (Fsp3) is 0. The van der Waals surface area contributed by atoms with Crippen molar-refractivity contribution in [1.82, 2.24) is 0 Å². The minimum Gasteiger partial charge on any atom is -0.504 e. The van der Waals surface area contributed by atoms with E-state index in [1.807, 2.05) is 84.9 Å². The van der Waals surface area contributed by atoms with Crippen LogP contribution in [0.15, 0.2) is 109 Å². The Morgan fingerprint density at radius 3 is 1.15 bits per heavy atom. The SMILES string of the molecule is Oc1cc2ccc3cc4ccccc4cc3c2c(Oc2c(O)c(O)cc3ccc4cc5ccccc5cc4c23)c1O. The van der Waals surface area contributed by atoms with Gasteiger partial charge >= 0.3 is 0 Å². The minimum absolute atomic E-state index is 0.0131. The number of hydrogen-bond donors (Lipinski definition) is 4. The van der Waals surface area contributed by atoms with Crippen molar-refractivity contribution in [3.05, 3.63) is 109 Å². The number of ether oxygens (including phenoxy) is 1. The maximum absolute atomic E-state index is 11.2. The lowest BCUT2D eigenvalue weighted by atomic mass is 9.96. The summed E-state index contributed by atoms with van der Waals surface area (Å²) in [7, 11) is 0. The highest BCUT2D eigenvalue weighted by Crippen LogP contribution is 2.52. The van der Waals surface area contributed by atoms with E-state index in [0.717, 1.165) is 43.1 Å². The molecule has 0 radical (unpaired) electrons. The summed E-state index contributed by atoms with van der Waals surface area (Å²) >= 11 is 0. The van der Waals surface area contributed by atoms with Crippen LogP contribution in [0, 0.1) is 0 Å². The monoisotopic (exact) mass is 534 g/mol. The summed E-state index contributed by atoms with van der Waals surface area (Å²) in [5, 5.41) is 53.9. The summed E-state index contributed by atoms with van der Waals surface area (Å²) in [6.45, 7) is 0. The molecule has 8 aromatic carbocycles. The topological polar surface area (TPSA) is 90.2 Å². The number of fused-ring (bicyclic) bond motifs is 8. The number of phenols is 4. The fourth-order valence-corrected chi connectivity index (χ4v) is 6.01. The molecule has 0 fully saturated rings.